The lowest BCUT2D eigenvalue weighted by Crippen LogP contribution is -2.63. The van der Waals surface area contributed by atoms with E-state index in [0.29, 0.717) is 0 Å². The van der Waals surface area contributed by atoms with E-state index in [0.717, 1.165) is 19.1 Å². The maximum Gasteiger partial charge on any atom is 0.0672 e. The van der Waals surface area contributed by atoms with Crippen LogP contribution in [-0.4, -0.2) is 18.8 Å². The third kappa shape index (κ3) is 0.700. The molecule has 2 rings (SSSR count). The molecule has 0 spiro atoms. The Kier molecular flexibility index (Phi) is 1.08. The standard InChI is InChI=1S/C7H13NO/c8-7(4-9-5-7)6-2-1-3-6/h6H,1-5,8H2. The molecule has 0 unspecified atom stereocenters. The third-order valence-electron chi connectivity index (χ3n) is 2.66. The summed E-state index contributed by atoms with van der Waals surface area (Å²) in [6.45, 7) is 1.61. The zero-order valence-corrected chi connectivity index (χ0v) is 5.60. The number of hydrogen-bond donors (Lipinski definition) is 1. The molecule has 1 aliphatic heterocycles. The lowest BCUT2D eigenvalue weighted by atomic mass is 9.70. The normalized spacial score (nSPS) is 33.0. The summed E-state index contributed by atoms with van der Waals surface area (Å²) in [6, 6.07) is 0. The predicted octanol–water partition coefficient (Wildman–Crippen LogP) is 0.514. The molecule has 52 valence electrons. The second-order valence-electron chi connectivity index (χ2n) is 3.35. The summed E-state index contributed by atoms with van der Waals surface area (Å²) < 4.78 is 5.07. The summed E-state index contributed by atoms with van der Waals surface area (Å²) in [7, 11) is 0. The van der Waals surface area contributed by atoms with E-state index in [1.54, 1.807) is 0 Å². The Morgan fingerprint density at radius 1 is 1.33 bits per heavy atom. The third-order valence-corrected chi connectivity index (χ3v) is 2.66. The van der Waals surface area contributed by atoms with E-state index in [4.69, 9.17) is 10.5 Å². The molecule has 2 heteroatoms. The molecule has 9 heavy (non-hydrogen) atoms. The minimum absolute atomic E-state index is 0.0955. The molecule has 2 nitrogen and oxygen atoms in total. The van der Waals surface area contributed by atoms with Gasteiger partial charge >= 0.3 is 0 Å². The van der Waals surface area contributed by atoms with Gasteiger partial charge in [0, 0.05) is 0 Å². The molecule has 2 fully saturated rings. The first-order valence-electron chi connectivity index (χ1n) is 3.68. The zero-order valence-electron chi connectivity index (χ0n) is 5.60. The van der Waals surface area contributed by atoms with Crippen molar-refractivity contribution in [2.75, 3.05) is 13.2 Å². The van der Waals surface area contributed by atoms with Gasteiger partial charge in [-0.3, -0.25) is 0 Å². The topological polar surface area (TPSA) is 35.2 Å². The number of rotatable bonds is 1. The van der Waals surface area contributed by atoms with Crippen molar-refractivity contribution in [3.05, 3.63) is 0 Å². The summed E-state index contributed by atoms with van der Waals surface area (Å²) in [6.07, 6.45) is 4.04. The van der Waals surface area contributed by atoms with Crippen molar-refractivity contribution in [3.63, 3.8) is 0 Å². The number of ether oxygens (including phenoxy) is 1. The van der Waals surface area contributed by atoms with E-state index in [1.807, 2.05) is 0 Å². The Bertz CT molecular complexity index is 116. The van der Waals surface area contributed by atoms with Crippen molar-refractivity contribution >= 4 is 0 Å². The van der Waals surface area contributed by atoms with Crippen molar-refractivity contribution < 1.29 is 4.74 Å². The van der Waals surface area contributed by atoms with Crippen LogP contribution in [0, 0.1) is 5.92 Å². The lowest BCUT2D eigenvalue weighted by molar-refractivity contribution is -0.0992. The molecular formula is C7H13NO. The van der Waals surface area contributed by atoms with Gasteiger partial charge in [-0.1, -0.05) is 6.42 Å². The average Bonchev–Trinajstić information content (AvgIpc) is 1.56. The van der Waals surface area contributed by atoms with Gasteiger partial charge in [0.05, 0.1) is 18.8 Å². The van der Waals surface area contributed by atoms with Gasteiger partial charge in [-0.2, -0.15) is 0 Å². The Hall–Kier alpha value is -0.0800. The minimum Gasteiger partial charge on any atom is -0.377 e. The molecule has 1 aliphatic carbocycles. The fraction of sp³-hybridized carbons (Fsp3) is 1.00. The van der Waals surface area contributed by atoms with E-state index >= 15 is 0 Å². The van der Waals surface area contributed by atoms with Gasteiger partial charge in [-0.15, -0.1) is 0 Å². The lowest BCUT2D eigenvalue weighted by Gasteiger charge is -2.48. The molecule has 0 aromatic rings. The predicted molar refractivity (Wildman–Crippen MR) is 35.1 cm³/mol. The van der Waals surface area contributed by atoms with Crippen LogP contribution in [0.1, 0.15) is 19.3 Å². The van der Waals surface area contributed by atoms with E-state index in [9.17, 15) is 0 Å². The molecule has 0 radical (unpaired) electrons. The number of hydrogen-bond acceptors (Lipinski definition) is 2. The van der Waals surface area contributed by atoms with Crippen LogP contribution in [0.5, 0.6) is 0 Å². The SMILES string of the molecule is NC1(C2CCC2)COC1. The highest BCUT2D eigenvalue weighted by Gasteiger charge is 2.44. The quantitative estimate of drug-likeness (QED) is 0.557. The summed E-state index contributed by atoms with van der Waals surface area (Å²) >= 11 is 0. The molecule has 2 aliphatic rings. The van der Waals surface area contributed by atoms with Gasteiger partial charge < -0.3 is 10.5 Å². The van der Waals surface area contributed by atoms with E-state index in [2.05, 4.69) is 0 Å². The van der Waals surface area contributed by atoms with Gasteiger partial charge in [0.15, 0.2) is 0 Å². The van der Waals surface area contributed by atoms with Crippen LogP contribution in [0.25, 0.3) is 0 Å². The van der Waals surface area contributed by atoms with Crippen LogP contribution < -0.4 is 5.73 Å². The molecule has 2 N–H and O–H groups in total. The smallest absolute Gasteiger partial charge is 0.0672 e. The van der Waals surface area contributed by atoms with Gasteiger partial charge in [0.2, 0.25) is 0 Å². The van der Waals surface area contributed by atoms with Crippen molar-refractivity contribution in [2.24, 2.45) is 11.7 Å². The van der Waals surface area contributed by atoms with Crippen molar-refractivity contribution in [2.45, 2.75) is 24.8 Å². The summed E-state index contributed by atoms with van der Waals surface area (Å²) in [4.78, 5) is 0. The summed E-state index contributed by atoms with van der Waals surface area (Å²) in [5.41, 5.74) is 6.08. The maximum absolute atomic E-state index is 5.98. The molecule has 1 heterocycles. The van der Waals surface area contributed by atoms with Gasteiger partial charge in [-0.05, 0) is 18.8 Å². The Morgan fingerprint density at radius 3 is 2.11 bits per heavy atom. The highest BCUT2D eigenvalue weighted by Crippen LogP contribution is 2.38. The van der Waals surface area contributed by atoms with Crippen LogP contribution >= 0.6 is 0 Å². The minimum atomic E-state index is 0.0955. The first kappa shape index (κ1) is 5.69. The molecule has 1 saturated carbocycles. The summed E-state index contributed by atoms with van der Waals surface area (Å²) in [5.74, 6) is 0.784. The van der Waals surface area contributed by atoms with E-state index in [1.165, 1.54) is 19.3 Å². The molecule has 0 amide bonds. The second kappa shape index (κ2) is 1.70. The number of nitrogens with two attached hydrogens (primary N) is 1. The molecule has 0 aromatic heterocycles. The first-order valence-corrected chi connectivity index (χ1v) is 3.68. The Balaban J connectivity index is 1.94. The molecule has 0 aromatic carbocycles. The Morgan fingerprint density at radius 2 is 2.00 bits per heavy atom. The monoisotopic (exact) mass is 127 g/mol. The van der Waals surface area contributed by atoms with Gasteiger partial charge in [0.1, 0.15) is 0 Å². The van der Waals surface area contributed by atoms with Gasteiger partial charge in [-0.25, -0.2) is 0 Å². The fourth-order valence-electron chi connectivity index (χ4n) is 1.56. The summed E-state index contributed by atoms with van der Waals surface area (Å²) in [5, 5.41) is 0. The molecular weight excluding hydrogens is 114 g/mol. The molecule has 0 bridgehead atoms. The fourth-order valence-corrected chi connectivity index (χ4v) is 1.56. The average molecular weight is 127 g/mol. The largest absolute Gasteiger partial charge is 0.377 e. The highest BCUT2D eigenvalue weighted by atomic mass is 16.5. The zero-order chi connectivity index (χ0) is 6.32. The van der Waals surface area contributed by atoms with Crippen molar-refractivity contribution in [3.8, 4) is 0 Å². The van der Waals surface area contributed by atoms with Crippen molar-refractivity contribution in [1.82, 2.24) is 0 Å². The van der Waals surface area contributed by atoms with Gasteiger partial charge in [0.25, 0.3) is 0 Å². The van der Waals surface area contributed by atoms with Crippen LogP contribution in [0.15, 0.2) is 0 Å². The highest BCUT2D eigenvalue weighted by molar-refractivity contribution is 4.99. The first-order chi connectivity index (χ1) is 4.31. The van der Waals surface area contributed by atoms with Crippen LogP contribution in [0.3, 0.4) is 0 Å². The van der Waals surface area contributed by atoms with E-state index < -0.39 is 0 Å². The van der Waals surface area contributed by atoms with Crippen LogP contribution in [0.4, 0.5) is 0 Å². The maximum atomic E-state index is 5.98. The van der Waals surface area contributed by atoms with Crippen molar-refractivity contribution in [1.29, 1.82) is 0 Å². The van der Waals surface area contributed by atoms with Crippen LogP contribution in [0.2, 0.25) is 0 Å². The Labute approximate surface area is 55.4 Å². The van der Waals surface area contributed by atoms with E-state index in [-0.39, 0.29) is 5.54 Å². The second-order valence-corrected chi connectivity index (χ2v) is 3.35. The van der Waals surface area contributed by atoms with Crippen LogP contribution in [-0.2, 0) is 4.74 Å². The molecule has 0 atom stereocenters. The molecule has 1 saturated heterocycles.